The number of amides is 2. The van der Waals surface area contributed by atoms with Gasteiger partial charge in [-0.15, -0.1) is 0 Å². The third-order valence-electron chi connectivity index (χ3n) is 2.83. The Hall–Kier alpha value is -1.34. The SMILES string of the molecule is CCCCN(CCO)C(=O)Nc1cc(Br)c(=O)n(C)c1. The highest BCUT2D eigenvalue weighted by Gasteiger charge is 2.13. The number of nitrogens with zero attached hydrogens (tertiary/aromatic N) is 2. The van der Waals surface area contributed by atoms with E-state index in [9.17, 15) is 9.59 Å². The molecule has 1 rings (SSSR count). The minimum absolute atomic E-state index is 0.0753. The summed E-state index contributed by atoms with van der Waals surface area (Å²) in [7, 11) is 1.62. The lowest BCUT2D eigenvalue weighted by Crippen LogP contribution is -2.38. The lowest BCUT2D eigenvalue weighted by atomic mass is 10.3. The van der Waals surface area contributed by atoms with Crippen molar-refractivity contribution in [2.75, 3.05) is 25.0 Å². The summed E-state index contributed by atoms with van der Waals surface area (Å²) in [4.78, 5) is 25.2. The van der Waals surface area contributed by atoms with Crippen molar-refractivity contribution in [2.24, 2.45) is 7.05 Å². The minimum atomic E-state index is -0.280. The zero-order valence-corrected chi connectivity index (χ0v) is 13.3. The fourth-order valence-corrected chi connectivity index (χ4v) is 2.25. The molecule has 1 aromatic heterocycles. The van der Waals surface area contributed by atoms with E-state index in [1.54, 1.807) is 24.2 Å². The van der Waals surface area contributed by atoms with Gasteiger partial charge < -0.3 is 19.9 Å². The van der Waals surface area contributed by atoms with Crippen LogP contribution in [0.2, 0.25) is 0 Å². The van der Waals surface area contributed by atoms with Gasteiger partial charge in [0.05, 0.1) is 16.8 Å². The summed E-state index contributed by atoms with van der Waals surface area (Å²) in [5, 5.41) is 11.7. The molecule has 0 aromatic carbocycles. The molecule has 6 nitrogen and oxygen atoms in total. The Morgan fingerprint density at radius 2 is 2.20 bits per heavy atom. The largest absolute Gasteiger partial charge is 0.395 e. The molecule has 0 atom stereocenters. The normalized spacial score (nSPS) is 10.4. The minimum Gasteiger partial charge on any atom is -0.395 e. The molecular weight excluding hydrogens is 326 g/mol. The molecule has 0 unspecified atom stereocenters. The van der Waals surface area contributed by atoms with Crippen molar-refractivity contribution in [3.05, 3.63) is 27.1 Å². The van der Waals surface area contributed by atoms with Crippen molar-refractivity contribution >= 4 is 27.6 Å². The number of pyridine rings is 1. The van der Waals surface area contributed by atoms with E-state index in [1.807, 2.05) is 6.92 Å². The summed E-state index contributed by atoms with van der Waals surface area (Å²) in [5.74, 6) is 0. The predicted molar refractivity (Wildman–Crippen MR) is 82.0 cm³/mol. The smallest absolute Gasteiger partial charge is 0.321 e. The van der Waals surface area contributed by atoms with Gasteiger partial charge in [-0.3, -0.25) is 4.79 Å². The molecule has 112 valence electrons. The number of hydrogen-bond donors (Lipinski definition) is 2. The molecule has 7 heteroatoms. The number of nitrogens with one attached hydrogen (secondary N) is 1. The van der Waals surface area contributed by atoms with E-state index in [-0.39, 0.29) is 18.2 Å². The third kappa shape index (κ3) is 4.64. The highest BCUT2D eigenvalue weighted by Crippen LogP contribution is 2.12. The highest BCUT2D eigenvalue weighted by molar-refractivity contribution is 9.10. The van der Waals surface area contributed by atoms with Crippen molar-refractivity contribution in [3.8, 4) is 0 Å². The van der Waals surface area contributed by atoms with Crippen LogP contribution in [0.25, 0.3) is 0 Å². The zero-order chi connectivity index (χ0) is 15.1. The number of aromatic nitrogens is 1. The maximum absolute atomic E-state index is 12.1. The molecule has 0 aliphatic rings. The number of aryl methyl sites for hydroxylation is 1. The summed E-state index contributed by atoms with van der Waals surface area (Å²) in [6, 6.07) is 1.29. The molecular formula is C13H20BrN3O3. The number of carbonyl (C=O) groups excluding carboxylic acids is 1. The molecule has 0 aliphatic carbocycles. The van der Waals surface area contributed by atoms with E-state index >= 15 is 0 Å². The van der Waals surface area contributed by atoms with E-state index in [0.29, 0.717) is 23.2 Å². The summed E-state index contributed by atoms with van der Waals surface area (Å²) in [5.41, 5.74) is 0.365. The molecule has 0 spiro atoms. The van der Waals surface area contributed by atoms with E-state index in [1.165, 1.54) is 4.57 Å². The van der Waals surface area contributed by atoms with E-state index < -0.39 is 0 Å². The lowest BCUT2D eigenvalue weighted by molar-refractivity contribution is 0.187. The summed E-state index contributed by atoms with van der Waals surface area (Å²) >= 11 is 3.16. The van der Waals surface area contributed by atoms with E-state index in [4.69, 9.17) is 5.11 Å². The van der Waals surface area contributed by atoms with Crippen molar-refractivity contribution in [1.82, 2.24) is 9.47 Å². The van der Waals surface area contributed by atoms with Crippen LogP contribution in [0.5, 0.6) is 0 Å². The number of unbranched alkanes of at least 4 members (excludes halogenated alkanes) is 1. The van der Waals surface area contributed by atoms with Gasteiger partial charge in [0, 0.05) is 26.3 Å². The van der Waals surface area contributed by atoms with Gasteiger partial charge in [0.2, 0.25) is 0 Å². The van der Waals surface area contributed by atoms with Crippen LogP contribution in [0.3, 0.4) is 0 Å². The molecule has 0 radical (unpaired) electrons. The first kappa shape index (κ1) is 16.7. The number of rotatable bonds is 6. The topological polar surface area (TPSA) is 74.6 Å². The monoisotopic (exact) mass is 345 g/mol. The Kier molecular flexibility index (Phi) is 6.74. The van der Waals surface area contributed by atoms with Gasteiger partial charge >= 0.3 is 6.03 Å². The predicted octanol–water partition coefficient (Wildman–Crippen LogP) is 1.77. The number of aliphatic hydroxyl groups is 1. The summed E-state index contributed by atoms with van der Waals surface area (Å²) in [6.45, 7) is 2.85. The molecule has 1 aromatic rings. The molecule has 0 bridgehead atoms. The Bertz CT molecular complexity index is 490. The quantitative estimate of drug-likeness (QED) is 0.825. The maximum Gasteiger partial charge on any atom is 0.321 e. The molecule has 1 heterocycles. The maximum atomic E-state index is 12.1. The average molecular weight is 346 g/mol. The number of hydrogen-bond acceptors (Lipinski definition) is 3. The van der Waals surface area contributed by atoms with Crippen LogP contribution < -0.4 is 10.9 Å². The van der Waals surface area contributed by atoms with Gasteiger partial charge in [-0.25, -0.2) is 4.79 Å². The van der Waals surface area contributed by atoms with Gasteiger partial charge in [0.15, 0.2) is 0 Å². The van der Waals surface area contributed by atoms with E-state index in [0.717, 1.165) is 12.8 Å². The highest BCUT2D eigenvalue weighted by atomic mass is 79.9. The fraction of sp³-hybridized carbons (Fsp3) is 0.538. The first-order valence-corrected chi connectivity index (χ1v) is 7.31. The first-order chi connectivity index (χ1) is 9.49. The van der Waals surface area contributed by atoms with Crippen LogP contribution in [-0.2, 0) is 7.05 Å². The third-order valence-corrected chi connectivity index (χ3v) is 3.40. The Balaban J connectivity index is 2.79. The summed E-state index contributed by atoms with van der Waals surface area (Å²) < 4.78 is 1.78. The average Bonchev–Trinajstić information content (AvgIpc) is 2.40. The van der Waals surface area contributed by atoms with Crippen molar-refractivity contribution in [2.45, 2.75) is 19.8 Å². The van der Waals surface area contributed by atoms with Gasteiger partial charge in [-0.2, -0.15) is 0 Å². The van der Waals surface area contributed by atoms with Crippen molar-refractivity contribution < 1.29 is 9.90 Å². The number of halogens is 1. The second-order valence-electron chi connectivity index (χ2n) is 4.49. The molecule has 20 heavy (non-hydrogen) atoms. The van der Waals surface area contributed by atoms with Crippen molar-refractivity contribution in [3.63, 3.8) is 0 Å². The Labute approximate surface area is 126 Å². The molecule has 2 amide bonds. The zero-order valence-electron chi connectivity index (χ0n) is 11.7. The second-order valence-corrected chi connectivity index (χ2v) is 5.34. The van der Waals surface area contributed by atoms with Crippen LogP contribution in [0.4, 0.5) is 10.5 Å². The molecule has 0 aliphatic heterocycles. The molecule has 0 saturated heterocycles. The number of aliphatic hydroxyl groups excluding tert-OH is 1. The van der Waals surface area contributed by atoms with Gasteiger partial charge in [0.1, 0.15) is 0 Å². The van der Waals surface area contributed by atoms with Gasteiger partial charge in [-0.05, 0) is 28.4 Å². The molecule has 0 fully saturated rings. The van der Waals surface area contributed by atoms with Crippen LogP contribution in [-0.4, -0.2) is 40.3 Å². The Morgan fingerprint density at radius 1 is 1.50 bits per heavy atom. The van der Waals surface area contributed by atoms with Crippen LogP contribution >= 0.6 is 15.9 Å². The first-order valence-electron chi connectivity index (χ1n) is 6.52. The fourth-order valence-electron chi connectivity index (χ4n) is 1.73. The van der Waals surface area contributed by atoms with Crippen LogP contribution in [0, 0.1) is 0 Å². The van der Waals surface area contributed by atoms with Crippen LogP contribution in [0.1, 0.15) is 19.8 Å². The lowest BCUT2D eigenvalue weighted by Gasteiger charge is -2.22. The van der Waals surface area contributed by atoms with E-state index in [2.05, 4.69) is 21.2 Å². The number of urea groups is 1. The Morgan fingerprint density at radius 3 is 2.75 bits per heavy atom. The second kappa shape index (κ2) is 8.06. The van der Waals surface area contributed by atoms with Gasteiger partial charge in [0.25, 0.3) is 5.56 Å². The molecule has 2 N–H and O–H groups in total. The number of carbonyl (C=O) groups is 1. The number of anilines is 1. The summed E-state index contributed by atoms with van der Waals surface area (Å²) in [6.07, 6.45) is 3.41. The van der Waals surface area contributed by atoms with Gasteiger partial charge in [-0.1, -0.05) is 13.3 Å². The molecule has 0 saturated carbocycles. The standard InChI is InChI=1S/C13H20BrN3O3/c1-3-4-5-17(6-7-18)13(20)15-10-8-11(14)12(19)16(2)9-10/h8-9,18H,3-7H2,1-2H3,(H,15,20). The van der Waals surface area contributed by atoms with Crippen LogP contribution in [0.15, 0.2) is 21.5 Å². The van der Waals surface area contributed by atoms with Crippen molar-refractivity contribution in [1.29, 1.82) is 0 Å².